The van der Waals surface area contributed by atoms with Gasteiger partial charge in [0.05, 0.1) is 4.47 Å². The first-order chi connectivity index (χ1) is 9.04. The minimum atomic E-state index is -0.189. The molecule has 1 N–H and O–H groups in total. The molecule has 1 aromatic rings. The Kier molecular flexibility index (Phi) is 4.85. The van der Waals surface area contributed by atoms with Crippen molar-refractivity contribution in [1.82, 2.24) is 5.32 Å². The number of piperidine rings is 1. The van der Waals surface area contributed by atoms with Crippen molar-refractivity contribution in [3.63, 3.8) is 0 Å². The lowest BCUT2D eigenvalue weighted by molar-refractivity contribution is 0.274. The summed E-state index contributed by atoms with van der Waals surface area (Å²) < 4.78 is 14.2. The number of nitrogens with one attached hydrogen (secondary N) is 1. The van der Waals surface area contributed by atoms with Crippen LogP contribution in [0.1, 0.15) is 27.2 Å². The van der Waals surface area contributed by atoms with Gasteiger partial charge in [0, 0.05) is 24.3 Å². The third-order valence-corrected chi connectivity index (χ3v) is 4.91. The monoisotopic (exact) mass is 328 g/mol. The molecule has 3 unspecified atom stereocenters. The maximum atomic E-state index is 13.7. The molecular formula is C15H22BrFN2. The smallest absolute Gasteiger partial charge is 0.139 e. The predicted molar refractivity (Wildman–Crippen MR) is 82.2 cm³/mol. The summed E-state index contributed by atoms with van der Waals surface area (Å²) >= 11 is 3.21. The lowest BCUT2D eigenvalue weighted by Crippen LogP contribution is -2.53. The molecule has 2 rings (SSSR count). The Hall–Kier alpha value is -0.610. The number of anilines is 1. The molecule has 19 heavy (non-hydrogen) atoms. The average Bonchev–Trinajstić information content (AvgIpc) is 2.39. The van der Waals surface area contributed by atoms with E-state index < -0.39 is 0 Å². The molecular weight excluding hydrogens is 307 g/mol. The number of hydrogen-bond acceptors (Lipinski definition) is 2. The Labute approximate surface area is 123 Å². The fraction of sp³-hybridized carbons (Fsp3) is 0.600. The van der Waals surface area contributed by atoms with Crippen LogP contribution in [0.15, 0.2) is 22.7 Å². The first kappa shape index (κ1) is 14.8. The van der Waals surface area contributed by atoms with Crippen LogP contribution in [-0.4, -0.2) is 25.2 Å². The van der Waals surface area contributed by atoms with Crippen molar-refractivity contribution in [1.29, 1.82) is 0 Å². The maximum Gasteiger partial charge on any atom is 0.139 e. The minimum Gasteiger partial charge on any atom is -0.368 e. The van der Waals surface area contributed by atoms with Gasteiger partial charge in [0.15, 0.2) is 0 Å². The molecule has 0 spiro atoms. The maximum absolute atomic E-state index is 13.7. The Morgan fingerprint density at radius 3 is 2.79 bits per heavy atom. The average molecular weight is 329 g/mol. The zero-order chi connectivity index (χ0) is 14.0. The van der Waals surface area contributed by atoms with E-state index in [0.717, 1.165) is 25.2 Å². The van der Waals surface area contributed by atoms with E-state index in [1.54, 1.807) is 12.1 Å². The third kappa shape index (κ3) is 3.11. The van der Waals surface area contributed by atoms with Gasteiger partial charge in [-0.2, -0.15) is 0 Å². The van der Waals surface area contributed by atoms with Gasteiger partial charge in [-0.15, -0.1) is 0 Å². The van der Waals surface area contributed by atoms with Gasteiger partial charge in [0.2, 0.25) is 0 Å². The van der Waals surface area contributed by atoms with Crippen LogP contribution in [0.3, 0.4) is 0 Å². The summed E-state index contributed by atoms with van der Waals surface area (Å²) in [5.41, 5.74) is 0.981. The molecule has 1 heterocycles. The van der Waals surface area contributed by atoms with Gasteiger partial charge in [0.25, 0.3) is 0 Å². The fourth-order valence-electron chi connectivity index (χ4n) is 2.94. The van der Waals surface area contributed by atoms with E-state index in [4.69, 9.17) is 0 Å². The third-order valence-electron chi connectivity index (χ3n) is 4.27. The molecule has 0 aliphatic carbocycles. The first-order valence-corrected chi connectivity index (χ1v) is 7.79. The molecule has 1 aliphatic heterocycles. The summed E-state index contributed by atoms with van der Waals surface area (Å²) in [6.45, 7) is 8.64. The summed E-state index contributed by atoms with van der Waals surface area (Å²) in [5.74, 6) is 0.367. The molecule has 2 nitrogen and oxygen atoms in total. The molecule has 0 amide bonds. The van der Waals surface area contributed by atoms with Crippen LogP contribution in [0.5, 0.6) is 0 Å². The van der Waals surface area contributed by atoms with Crippen molar-refractivity contribution in [2.24, 2.45) is 5.92 Å². The molecule has 1 saturated heterocycles. The topological polar surface area (TPSA) is 15.3 Å². The number of rotatable bonds is 3. The Balaban J connectivity index is 2.15. The molecule has 0 saturated carbocycles. The lowest BCUT2D eigenvalue weighted by Gasteiger charge is -2.44. The van der Waals surface area contributed by atoms with Crippen LogP contribution in [-0.2, 0) is 0 Å². The molecule has 1 fully saturated rings. The van der Waals surface area contributed by atoms with Crippen molar-refractivity contribution in [2.75, 3.05) is 18.0 Å². The van der Waals surface area contributed by atoms with Crippen molar-refractivity contribution < 1.29 is 4.39 Å². The molecule has 1 aromatic carbocycles. The zero-order valence-corrected chi connectivity index (χ0v) is 13.4. The van der Waals surface area contributed by atoms with E-state index in [2.05, 4.69) is 46.9 Å². The number of halogens is 2. The summed E-state index contributed by atoms with van der Waals surface area (Å²) in [6, 6.07) is 6.39. The first-order valence-electron chi connectivity index (χ1n) is 6.99. The number of benzene rings is 1. The molecule has 1 aliphatic rings. The highest BCUT2D eigenvalue weighted by Crippen LogP contribution is 2.30. The van der Waals surface area contributed by atoms with Gasteiger partial charge in [-0.1, -0.05) is 13.8 Å². The number of nitrogens with zero attached hydrogens (tertiary/aromatic N) is 1. The largest absolute Gasteiger partial charge is 0.368 e. The molecule has 106 valence electrons. The van der Waals surface area contributed by atoms with Crippen LogP contribution in [0, 0.1) is 11.7 Å². The Bertz CT molecular complexity index is 438. The van der Waals surface area contributed by atoms with Gasteiger partial charge < -0.3 is 10.2 Å². The fourth-order valence-corrected chi connectivity index (χ4v) is 3.19. The summed E-state index contributed by atoms with van der Waals surface area (Å²) in [6.07, 6.45) is 1.11. The minimum absolute atomic E-state index is 0.189. The number of hydrogen-bond donors (Lipinski definition) is 1. The Morgan fingerprint density at radius 2 is 2.16 bits per heavy atom. The van der Waals surface area contributed by atoms with E-state index in [1.165, 1.54) is 0 Å². The van der Waals surface area contributed by atoms with Crippen LogP contribution < -0.4 is 10.2 Å². The van der Waals surface area contributed by atoms with E-state index in [0.29, 0.717) is 22.5 Å². The summed E-state index contributed by atoms with van der Waals surface area (Å²) in [7, 11) is 0. The second kappa shape index (κ2) is 6.23. The molecule has 0 aromatic heterocycles. The Morgan fingerprint density at radius 1 is 1.42 bits per heavy atom. The quantitative estimate of drug-likeness (QED) is 0.907. The van der Waals surface area contributed by atoms with Crippen molar-refractivity contribution in [2.45, 2.75) is 39.3 Å². The molecule has 0 bridgehead atoms. The predicted octanol–water partition coefficient (Wildman–Crippen LogP) is 3.80. The van der Waals surface area contributed by atoms with E-state index in [9.17, 15) is 4.39 Å². The molecule has 0 radical (unpaired) electrons. The van der Waals surface area contributed by atoms with E-state index >= 15 is 0 Å². The van der Waals surface area contributed by atoms with Gasteiger partial charge >= 0.3 is 0 Å². The van der Waals surface area contributed by atoms with Crippen molar-refractivity contribution in [3.05, 3.63) is 28.5 Å². The highest BCUT2D eigenvalue weighted by atomic mass is 79.9. The van der Waals surface area contributed by atoms with Crippen LogP contribution >= 0.6 is 15.9 Å². The summed E-state index contributed by atoms with van der Waals surface area (Å²) in [4.78, 5) is 2.31. The SMILES string of the molecule is CCNC1CCN(c2ccc(Br)c(F)c2)C(C)C1C. The normalized spacial score (nSPS) is 27.6. The second-order valence-corrected chi connectivity index (χ2v) is 6.20. The van der Waals surface area contributed by atoms with Crippen molar-refractivity contribution in [3.8, 4) is 0 Å². The van der Waals surface area contributed by atoms with Gasteiger partial charge in [-0.05, 0) is 59.9 Å². The van der Waals surface area contributed by atoms with Gasteiger partial charge in [-0.25, -0.2) is 4.39 Å². The van der Waals surface area contributed by atoms with Crippen LogP contribution in [0.25, 0.3) is 0 Å². The molecule has 4 heteroatoms. The van der Waals surface area contributed by atoms with Gasteiger partial charge in [-0.3, -0.25) is 0 Å². The highest BCUT2D eigenvalue weighted by molar-refractivity contribution is 9.10. The van der Waals surface area contributed by atoms with Gasteiger partial charge in [0.1, 0.15) is 5.82 Å². The summed E-state index contributed by atoms with van der Waals surface area (Å²) in [5, 5.41) is 3.55. The highest BCUT2D eigenvalue weighted by Gasteiger charge is 2.32. The standard InChI is InChI=1S/C15H22BrFN2/c1-4-18-15-7-8-19(11(3)10(15)2)12-5-6-13(16)14(17)9-12/h5-6,9-11,15,18H,4,7-8H2,1-3H3. The second-order valence-electron chi connectivity index (χ2n) is 5.34. The van der Waals surface area contributed by atoms with Crippen molar-refractivity contribution >= 4 is 21.6 Å². The molecule has 3 atom stereocenters. The zero-order valence-electron chi connectivity index (χ0n) is 11.8. The lowest BCUT2D eigenvalue weighted by atomic mass is 9.86. The van der Waals surface area contributed by atoms with E-state index in [-0.39, 0.29) is 5.82 Å². The van der Waals surface area contributed by atoms with E-state index in [1.807, 2.05) is 6.07 Å². The van der Waals surface area contributed by atoms with Crippen LogP contribution in [0.2, 0.25) is 0 Å². The van der Waals surface area contributed by atoms with Crippen LogP contribution in [0.4, 0.5) is 10.1 Å².